The van der Waals surface area contributed by atoms with E-state index in [2.05, 4.69) is 0 Å². The molecular weight excluding hydrogens is 173 g/mol. The standard InChI is InChI=1S/C9H12FNO2/c1-3-4-6(2)8(9(12)13)7(11)5-10/h3-5H,11H2,1-2H3,(H,12,13)/b4-3-,7-5-,8-6+. The van der Waals surface area contributed by atoms with Gasteiger partial charge in [-0.05, 0) is 19.4 Å². The molecule has 0 bridgehead atoms. The van der Waals surface area contributed by atoms with Gasteiger partial charge < -0.3 is 10.8 Å². The van der Waals surface area contributed by atoms with Crippen molar-refractivity contribution >= 4 is 5.97 Å². The maximum absolute atomic E-state index is 12.0. The van der Waals surface area contributed by atoms with E-state index in [9.17, 15) is 9.18 Å². The summed E-state index contributed by atoms with van der Waals surface area (Å²) >= 11 is 0. The van der Waals surface area contributed by atoms with Crippen molar-refractivity contribution in [3.8, 4) is 0 Å². The molecule has 0 aromatic heterocycles. The monoisotopic (exact) mass is 185 g/mol. The molecule has 3 N–H and O–H groups in total. The van der Waals surface area contributed by atoms with Crippen LogP contribution in [0.4, 0.5) is 4.39 Å². The van der Waals surface area contributed by atoms with Gasteiger partial charge in [-0.15, -0.1) is 0 Å². The van der Waals surface area contributed by atoms with Crippen molar-refractivity contribution in [1.82, 2.24) is 0 Å². The summed E-state index contributed by atoms with van der Waals surface area (Å²) in [4.78, 5) is 10.6. The third-order valence-corrected chi connectivity index (χ3v) is 1.43. The number of allylic oxidation sites excluding steroid dienone is 3. The summed E-state index contributed by atoms with van der Waals surface area (Å²) in [5, 5.41) is 8.69. The molecule has 72 valence electrons. The summed E-state index contributed by atoms with van der Waals surface area (Å²) in [6.45, 7) is 3.29. The topological polar surface area (TPSA) is 63.3 Å². The Balaban J connectivity index is 5.25. The van der Waals surface area contributed by atoms with E-state index in [1.54, 1.807) is 26.0 Å². The largest absolute Gasteiger partial charge is 0.478 e. The second kappa shape index (κ2) is 5.13. The summed E-state index contributed by atoms with van der Waals surface area (Å²) in [6, 6.07) is 0. The smallest absolute Gasteiger partial charge is 0.338 e. The molecule has 0 saturated carbocycles. The Labute approximate surface area is 76.1 Å². The highest BCUT2D eigenvalue weighted by Gasteiger charge is 2.12. The second-order valence-electron chi connectivity index (χ2n) is 2.43. The highest BCUT2D eigenvalue weighted by atomic mass is 19.1. The van der Waals surface area contributed by atoms with Gasteiger partial charge in [0, 0.05) is 0 Å². The first kappa shape index (κ1) is 11.4. The number of carboxylic acid groups (broad SMARTS) is 1. The lowest BCUT2D eigenvalue weighted by Gasteiger charge is -2.03. The second-order valence-corrected chi connectivity index (χ2v) is 2.43. The quantitative estimate of drug-likeness (QED) is 0.520. The summed E-state index contributed by atoms with van der Waals surface area (Å²) in [5.74, 6) is -1.23. The Bertz CT molecular complexity index is 290. The van der Waals surface area contributed by atoms with Gasteiger partial charge in [-0.3, -0.25) is 0 Å². The van der Waals surface area contributed by atoms with Crippen LogP contribution in [0.15, 0.2) is 35.3 Å². The van der Waals surface area contributed by atoms with Crippen LogP contribution in [0.5, 0.6) is 0 Å². The van der Waals surface area contributed by atoms with Crippen molar-refractivity contribution in [1.29, 1.82) is 0 Å². The van der Waals surface area contributed by atoms with E-state index in [1.165, 1.54) is 0 Å². The van der Waals surface area contributed by atoms with Crippen molar-refractivity contribution in [2.45, 2.75) is 13.8 Å². The summed E-state index contributed by atoms with van der Waals surface area (Å²) in [7, 11) is 0. The van der Waals surface area contributed by atoms with E-state index < -0.39 is 5.97 Å². The number of halogens is 1. The van der Waals surface area contributed by atoms with Crippen molar-refractivity contribution in [2.75, 3.05) is 0 Å². The third-order valence-electron chi connectivity index (χ3n) is 1.43. The molecule has 0 aliphatic carbocycles. The van der Waals surface area contributed by atoms with E-state index >= 15 is 0 Å². The SMILES string of the molecule is C\C=C/C(C)=C(C(=O)O)\C(N)=C\F. The molecule has 0 aliphatic rings. The van der Waals surface area contributed by atoms with Crippen LogP contribution in [-0.4, -0.2) is 11.1 Å². The molecule has 0 aromatic rings. The summed E-state index contributed by atoms with van der Waals surface area (Å²) in [5.41, 5.74) is 5.00. The fourth-order valence-corrected chi connectivity index (χ4v) is 0.908. The molecule has 0 spiro atoms. The Kier molecular flexibility index (Phi) is 4.51. The van der Waals surface area contributed by atoms with Crippen LogP contribution in [-0.2, 0) is 4.79 Å². The predicted molar refractivity (Wildman–Crippen MR) is 48.5 cm³/mol. The first-order valence-electron chi connectivity index (χ1n) is 3.67. The predicted octanol–water partition coefficient (Wildman–Crippen LogP) is 1.73. The van der Waals surface area contributed by atoms with Crippen LogP contribution in [0.1, 0.15) is 13.8 Å². The maximum Gasteiger partial charge on any atom is 0.338 e. The van der Waals surface area contributed by atoms with Crippen LogP contribution in [0.2, 0.25) is 0 Å². The van der Waals surface area contributed by atoms with Gasteiger partial charge in [0.25, 0.3) is 0 Å². The zero-order valence-corrected chi connectivity index (χ0v) is 7.54. The number of aliphatic carboxylic acids is 1. The van der Waals surface area contributed by atoms with Gasteiger partial charge >= 0.3 is 5.97 Å². The van der Waals surface area contributed by atoms with Crippen LogP contribution < -0.4 is 5.73 Å². The van der Waals surface area contributed by atoms with Crippen molar-refractivity contribution in [2.24, 2.45) is 5.73 Å². The van der Waals surface area contributed by atoms with Gasteiger partial charge in [0.1, 0.15) is 6.33 Å². The molecule has 13 heavy (non-hydrogen) atoms. The van der Waals surface area contributed by atoms with Crippen molar-refractivity contribution in [3.05, 3.63) is 35.3 Å². The van der Waals surface area contributed by atoms with Crippen LogP contribution in [0.3, 0.4) is 0 Å². The molecule has 0 fully saturated rings. The molecule has 0 rings (SSSR count). The molecule has 0 aliphatic heterocycles. The third kappa shape index (κ3) is 3.11. The highest BCUT2D eigenvalue weighted by molar-refractivity contribution is 5.92. The van der Waals surface area contributed by atoms with Crippen molar-refractivity contribution < 1.29 is 14.3 Å². The average Bonchev–Trinajstić information content (AvgIpc) is 2.04. The number of carbonyl (C=O) groups is 1. The molecule has 0 unspecified atom stereocenters. The van der Waals surface area contributed by atoms with Gasteiger partial charge in [-0.25, -0.2) is 9.18 Å². The maximum atomic E-state index is 12.0. The molecule has 0 saturated heterocycles. The number of nitrogens with two attached hydrogens (primary N) is 1. The minimum atomic E-state index is -1.23. The van der Waals surface area contributed by atoms with E-state index in [0.717, 1.165) is 0 Å². The molecule has 4 heteroatoms. The lowest BCUT2D eigenvalue weighted by molar-refractivity contribution is -0.132. The Hall–Kier alpha value is -1.58. The van der Waals surface area contributed by atoms with Crippen LogP contribution in [0.25, 0.3) is 0 Å². The van der Waals surface area contributed by atoms with Crippen LogP contribution in [0, 0.1) is 0 Å². The van der Waals surface area contributed by atoms with E-state index in [1.807, 2.05) is 0 Å². The number of hydrogen-bond acceptors (Lipinski definition) is 2. The Morgan fingerprint density at radius 2 is 2.08 bits per heavy atom. The van der Waals surface area contributed by atoms with E-state index in [-0.39, 0.29) is 17.6 Å². The zero-order chi connectivity index (χ0) is 10.4. The average molecular weight is 185 g/mol. The van der Waals surface area contributed by atoms with Gasteiger partial charge in [0.2, 0.25) is 0 Å². The molecule has 0 amide bonds. The van der Waals surface area contributed by atoms with Gasteiger partial charge in [0.15, 0.2) is 0 Å². The molecule has 0 atom stereocenters. The highest BCUT2D eigenvalue weighted by Crippen LogP contribution is 2.12. The number of carboxylic acids is 1. The lowest BCUT2D eigenvalue weighted by Crippen LogP contribution is -2.11. The Morgan fingerprint density at radius 1 is 1.54 bits per heavy atom. The fraction of sp³-hybridized carbons (Fsp3) is 0.222. The van der Waals surface area contributed by atoms with Gasteiger partial charge in [-0.1, -0.05) is 12.2 Å². The van der Waals surface area contributed by atoms with Gasteiger partial charge in [-0.2, -0.15) is 0 Å². The molecule has 0 heterocycles. The summed E-state index contributed by atoms with van der Waals surface area (Å²) in [6.07, 6.45) is 3.29. The molecule has 3 nitrogen and oxygen atoms in total. The Morgan fingerprint density at radius 3 is 2.38 bits per heavy atom. The molecular formula is C9H12FNO2. The minimum absolute atomic E-state index is 0.0798. The first-order chi connectivity index (χ1) is 6.04. The lowest BCUT2D eigenvalue weighted by atomic mass is 10.1. The molecule has 0 aromatic carbocycles. The zero-order valence-electron chi connectivity index (χ0n) is 7.54. The van der Waals surface area contributed by atoms with Crippen LogP contribution >= 0.6 is 0 Å². The minimum Gasteiger partial charge on any atom is -0.478 e. The van der Waals surface area contributed by atoms with E-state index in [4.69, 9.17) is 10.8 Å². The fourth-order valence-electron chi connectivity index (χ4n) is 0.908. The van der Waals surface area contributed by atoms with E-state index in [0.29, 0.717) is 5.57 Å². The normalized spacial score (nSPS) is 14.5. The number of rotatable bonds is 3. The number of hydrogen-bond donors (Lipinski definition) is 2. The van der Waals surface area contributed by atoms with Crippen molar-refractivity contribution in [3.63, 3.8) is 0 Å². The first-order valence-corrected chi connectivity index (χ1v) is 3.67. The van der Waals surface area contributed by atoms with Gasteiger partial charge in [0.05, 0.1) is 11.3 Å². The molecule has 0 radical (unpaired) electrons. The summed E-state index contributed by atoms with van der Waals surface area (Å²) < 4.78 is 12.0.